The molecule has 0 spiro atoms. The van der Waals surface area contributed by atoms with E-state index < -0.39 is 28.8 Å². The molecule has 11 heteroatoms. The molecule has 1 aromatic carbocycles. The highest BCUT2D eigenvalue weighted by Crippen LogP contribution is 2.30. The molecule has 0 fully saturated rings. The highest BCUT2D eigenvalue weighted by atomic mass is 32.1. The molecule has 2 aromatic rings. The fourth-order valence-electron chi connectivity index (χ4n) is 2.33. The van der Waals surface area contributed by atoms with E-state index in [-0.39, 0.29) is 27.9 Å². The zero-order valence-corrected chi connectivity index (χ0v) is 18.5. The summed E-state index contributed by atoms with van der Waals surface area (Å²) in [6, 6.07) is 5.37. The lowest BCUT2D eigenvalue weighted by atomic mass is 9.96. The highest BCUT2D eigenvalue weighted by Gasteiger charge is 2.23. The summed E-state index contributed by atoms with van der Waals surface area (Å²) in [6.45, 7) is 6.45. The Morgan fingerprint density at radius 1 is 1.16 bits per heavy atom. The molecule has 0 saturated carbocycles. The predicted molar refractivity (Wildman–Crippen MR) is 116 cm³/mol. The second-order valence-electron chi connectivity index (χ2n) is 7.59. The molecule has 0 aliphatic rings. The number of hydrogen-bond donors (Lipinski definition) is 2. The summed E-state index contributed by atoms with van der Waals surface area (Å²) in [5, 5.41) is 16.6. The van der Waals surface area contributed by atoms with Gasteiger partial charge in [-0.15, -0.1) is 11.3 Å². The Kier molecular flexibility index (Phi) is 7.34. The Balaban J connectivity index is 1.99. The van der Waals surface area contributed by atoms with Crippen molar-refractivity contribution in [2.75, 3.05) is 24.4 Å². The molecule has 0 bridgehead atoms. The number of nitrogens with one attached hydrogen (secondary N) is 2. The van der Waals surface area contributed by atoms with Crippen LogP contribution in [0.1, 0.15) is 36.0 Å². The van der Waals surface area contributed by atoms with Crippen molar-refractivity contribution in [2.45, 2.75) is 27.7 Å². The van der Waals surface area contributed by atoms with Crippen LogP contribution in [0.5, 0.6) is 5.75 Å². The SMILES string of the molecule is COc1cc([N+](=O)[O-])ccc1NC(=O)COC(=O)c1sc(NC(=O)C(C)(C)C)cc1C. The molecule has 1 aromatic heterocycles. The Labute approximate surface area is 182 Å². The number of hydrogen-bond acceptors (Lipinski definition) is 8. The monoisotopic (exact) mass is 449 g/mol. The number of carbonyl (C=O) groups excluding carboxylic acids is 3. The number of aryl methyl sites for hydroxylation is 1. The minimum Gasteiger partial charge on any atom is -0.494 e. The minimum atomic E-state index is -0.704. The van der Waals surface area contributed by atoms with Gasteiger partial charge in [-0.2, -0.15) is 0 Å². The molecule has 0 aliphatic carbocycles. The van der Waals surface area contributed by atoms with Crippen LogP contribution in [-0.4, -0.2) is 36.4 Å². The zero-order chi connectivity index (χ0) is 23.3. The third-order valence-electron chi connectivity index (χ3n) is 4.03. The molecular formula is C20H23N3O7S. The number of non-ortho nitro benzene ring substituents is 1. The van der Waals surface area contributed by atoms with Gasteiger partial charge in [0.1, 0.15) is 10.6 Å². The van der Waals surface area contributed by atoms with Crippen LogP contribution >= 0.6 is 11.3 Å². The molecule has 0 saturated heterocycles. The van der Waals surface area contributed by atoms with Crippen LogP contribution in [0.25, 0.3) is 0 Å². The van der Waals surface area contributed by atoms with Crippen LogP contribution in [0.3, 0.4) is 0 Å². The van der Waals surface area contributed by atoms with E-state index in [4.69, 9.17) is 9.47 Å². The number of thiophene rings is 1. The van der Waals surface area contributed by atoms with Gasteiger partial charge in [-0.3, -0.25) is 19.7 Å². The number of esters is 1. The lowest BCUT2D eigenvalue weighted by molar-refractivity contribution is -0.384. The van der Waals surface area contributed by atoms with Crippen molar-refractivity contribution in [1.82, 2.24) is 0 Å². The van der Waals surface area contributed by atoms with Crippen molar-refractivity contribution in [1.29, 1.82) is 0 Å². The summed E-state index contributed by atoms with van der Waals surface area (Å²) in [5.41, 5.74) is 0.0318. The van der Waals surface area contributed by atoms with Gasteiger partial charge < -0.3 is 20.1 Å². The molecule has 0 radical (unpaired) electrons. The first kappa shape index (κ1) is 23.8. The van der Waals surface area contributed by atoms with E-state index in [9.17, 15) is 24.5 Å². The largest absolute Gasteiger partial charge is 0.494 e. The van der Waals surface area contributed by atoms with Crippen molar-refractivity contribution in [3.05, 3.63) is 44.8 Å². The van der Waals surface area contributed by atoms with Gasteiger partial charge in [0.2, 0.25) is 5.91 Å². The number of amides is 2. The predicted octanol–water partition coefficient (Wildman–Crippen LogP) is 3.75. The molecule has 2 amide bonds. The number of nitro groups is 1. The lowest BCUT2D eigenvalue weighted by Crippen LogP contribution is -2.27. The Morgan fingerprint density at radius 2 is 1.84 bits per heavy atom. The van der Waals surface area contributed by atoms with Crippen LogP contribution < -0.4 is 15.4 Å². The maximum absolute atomic E-state index is 12.4. The maximum atomic E-state index is 12.4. The molecule has 2 rings (SSSR count). The standard InChI is InChI=1S/C20H23N3O7S/c1-11-8-16(22-19(26)20(2,3)4)31-17(11)18(25)30-10-15(24)21-13-7-6-12(23(27)28)9-14(13)29-5/h6-9H,10H2,1-5H3,(H,21,24)(H,22,26). The van der Waals surface area contributed by atoms with Gasteiger partial charge in [-0.1, -0.05) is 20.8 Å². The van der Waals surface area contributed by atoms with Crippen LogP contribution in [0.4, 0.5) is 16.4 Å². The molecule has 0 aliphatic heterocycles. The van der Waals surface area contributed by atoms with Crippen LogP contribution in [-0.2, 0) is 14.3 Å². The van der Waals surface area contributed by atoms with Gasteiger partial charge in [0.05, 0.1) is 28.8 Å². The van der Waals surface area contributed by atoms with Crippen LogP contribution in [0.15, 0.2) is 24.3 Å². The van der Waals surface area contributed by atoms with E-state index in [0.29, 0.717) is 10.6 Å². The number of nitro benzene ring substituents is 1. The second kappa shape index (κ2) is 9.56. The van der Waals surface area contributed by atoms with Crippen molar-refractivity contribution in [3.63, 3.8) is 0 Å². The van der Waals surface area contributed by atoms with Crippen molar-refractivity contribution in [3.8, 4) is 5.75 Å². The van der Waals surface area contributed by atoms with Gasteiger partial charge in [-0.05, 0) is 24.6 Å². The lowest BCUT2D eigenvalue weighted by Gasteiger charge is -2.16. The van der Waals surface area contributed by atoms with Gasteiger partial charge >= 0.3 is 5.97 Å². The highest BCUT2D eigenvalue weighted by molar-refractivity contribution is 7.18. The Hall–Kier alpha value is -3.47. The third kappa shape index (κ3) is 6.25. The molecule has 2 N–H and O–H groups in total. The van der Waals surface area contributed by atoms with E-state index in [1.54, 1.807) is 33.8 Å². The zero-order valence-electron chi connectivity index (χ0n) is 17.7. The molecule has 0 atom stereocenters. The molecule has 10 nitrogen and oxygen atoms in total. The average Bonchev–Trinajstić information content (AvgIpc) is 3.05. The molecular weight excluding hydrogens is 426 g/mol. The van der Waals surface area contributed by atoms with Crippen LogP contribution in [0, 0.1) is 22.5 Å². The first-order chi connectivity index (χ1) is 14.4. The van der Waals surface area contributed by atoms with Crippen molar-refractivity contribution >= 4 is 45.5 Å². The number of methoxy groups -OCH3 is 1. The summed E-state index contributed by atoms with van der Waals surface area (Å²) in [7, 11) is 1.31. The maximum Gasteiger partial charge on any atom is 0.349 e. The number of carbonyl (C=O) groups is 3. The van der Waals surface area contributed by atoms with E-state index >= 15 is 0 Å². The molecule has 0 unspecified atom stereocenters. The summed E-state index contributed by atoms with van der Waals surface area (Å²) < 4.78 is 10.1. The van der Waals surface area contributed by atoms with Crippen molar-refractivity contribution < 1.29 is 28.8 Å². The normalized spacial score (nSPS) is 10.9. The summed E-state index contributed by atoms with van der Waals surface area (Å²) >= 11 is 1.06. The van der Waals surface area contributed by atoms with Crippen molar-refractivity contribution in [2.24, 2.45) is 5.41 Å². The fraction of sp³-hybridized carbons (Fsp3) is 0.350. The quantitative estimate of drug-likeness (QED) is 0.373. The van der Waals surface area contributed by atoms with E-state index in [2.05, 4.69) is 10.6 Å². The van der Waals surface area contributed by atoms with Gasteiger partial charge in [0.15, 0.2) is 6.61 Å². The van der Waals surface area contributed by atoms with E-state index in [1.165, 1.54) is 25.3 Å². The molecule has 31 heavy (non-hydrogen) atoms. The van der Waals surface area contributed by atoms with Gasteiger partial charge in [0.25, 0.3) is 11.6 Å². The van der Waals surface area contributed by atoms with E-state index in [0.717, 1.165) is 11.3 Å². The van der Waals surface area contributed by atoms with E-state index in [1.807, 2.05) is 0 Å². The van der Waals surface area contributed by atoms with Gasteiger partial charge in [-0.25, -0.2) is 4.79 Å². The second-order valence-corrected chi connectivity index (χ2v) is 8.65. The number of anilines is 2. The molecule has 1 heterocycles. The molecule has 166 valence electrons. The summed E-state index contributed by atoms with van der Waals surface area (Å²) in [4.78, 5) is 47.1. The fourth-order valence-corrected chi connectivity index (χ4v) is 3.29. The average molecular weight is 449 g/mol. The number of benzene rings is 1. The third-order valence-corrected chi connectivity index (χ3v) is 5.16. The smallest absolute Gasteiger partial charge is 0.349 e. The number of rotatable bonds is 7. The number of nitrogens with zero attached hydrogens (tertiary/aromatic N) is 1. The Morgan fingerprint density at radius 3 is 2.42 bits per heavy atom. The van der Waals surface area contributed by atoms with Crippen LogP contribution in [0.2, 0.25) is 0 Å². The number of ether oxygens (including phenoxy) is 2. The first-order valence-corrected chi connectivity index (χ1v) is 9.95. The minimum absolute atomic E-state index is 0.0993. The Bertz CT molecular complexity index is 1020. The first-order valence-electron chi connectivity index (χ1n) is 9.13. The summed E-state index contributed by atoms with van der Waals surface area (Å²) in [6.07, 6.45) is 0. The van der Waals surface area contributed by atoms with Gasteiger partial charge in [0, 0.05) is 11.5 Å². The topological polar surface area (TPSA) is 137 Å². The summed E-state index contributed by atoms with van der Waals surface area (Å²) in [5.74, 6) is -1.44.